The third kappa shape index (κ3) is 4.78. The Morgan fingerprint density at radius 1 is 1.12 bits per heavy atom. The highest BCUT2D eigenvalue weighted by Gasteiger charge is 2.23. The van der Waals surface area contributed by atoms with E-state index in [1.807, 2.05) is 19.9 Å². The van der Waals surface area contributed by atoms with Crippen LogP contribution in [0.15, 0.2) is 28.7 Å². The highest BCUT2D eigenvalue weighted by Crippen LogP contribution is 2.29. The Balaban J connectivity index is 2.66. The molecule has 0 unspecified atom stereocenters. The van der Waals surface area contributed by atoms with Crippen LogP contribution in [0.2, 0.25) is 0 Å². The summed E-state index contributed by atoms with van der Waals surface area (Å²) in [5.74, 6) is 0. The maximum Gasteiger partial charge on any atom is 0.0223 e. The lowest BCUT2D eigenvalue weighted by Crippen LogP contribution is -2.46. The molecule has 0 atom stereocenters. The Morgan fingerprint density at radius 3 is 2.24 bits per heavy atom. The van der Waals surface area contributed by atoms with Gasteiger partial charge in [-0.1, -0.05) is 48.0 Å². The third-order valence-electron chi connectivity index (χ3n) is 2.75. The first-order valence-electron chi connectivity index (χ1n) is 5.97. The minimum absolute atomic E-state index is 0.0886. The van der Waals surface area contributed by atoms with Gasteiger partial charge in [0.25, 0.3) is 0 Å². The summed E-state index contributed by atoms with van der Waals surface area (Å²) in [5.41, 5.74) is 7.21. The molecule has 0 saturated carbocycles. The number of hydrogen-bond donors (Lipinski definition) is 2. The van der Waals surface area contributed by atoms with Crippen LogP contribution < -0.4 is 11.1 Å². The molecule has 17 heavy (non-hydrogen) atoms. The molecule has 3 heteroatoms. The maximum atomic E-state index is 5.96. The van der Waals surface area contributed by atoms with Gasteiger partial charge in [0.2, 0.25) is 0 Å². The van der Waals surface area contributed by atoms with E-state index in [4.69, 9.17) is 5.73 Å². The Labute approximate surface area is 113 Å². The lowest BCUT2D eigenvalue weighted by Gasteiger charge is -2.29. The van der Waals surface area contributed by atoms with E-state index in [0.29, 0.717) is 0 Å². The molecule has 3 N–H and O–H groups in total. The van der Waals surface area contributed by atoms with Crippen molar-refractivity contribution in [1.82, 2.24) is 5.32 Å². The van der Waals surface area contributed by atoms with Crippen LogP contribution in [0.5, 0.6) is 0 Å². The van der Waals surface area contributed by atoms with Gasteiger partial charge in [0.05, 0.1) is 0 Å². The van der Waals surface area contributed by atoms with Gasteiger partial charge in [0.1, 0.15) is 0 Å². The SMILES string of the molecule is CC(C)(N)CNCC(C)(C)c1ccccc1Br. The Kier molecular flexibility index (Phi) is 4.76. The van der Waals surface area contributed by atoms with Crippen LogP contribution in [-0.2, 0) is 5.41 Å². The van der Waals surface area contributed by atoms with E-state index >= 15 is 0 Å². The van der Waals surface area contributed by atoms with Crippen LogP contribution >= 0.6 is 15.9 Å². The van der Waals surface area contributed by atoms with Gasteiger partial charge in [0, 0.05) is 28.5 Å². The van der Waals surface area contributed by atoms with Crippen molar-refractivity contribution >= 4 is 15.9 Å². The zero-order valence-electron chi connectivity index (χ0n) is 11.2. The van der Waals surface area contributed by atoms with Crippen LogP contribution in [0.4, 0.5) is 0 Å². The normalized spacial score (nSPS) is 12.8. The van der Waals surface area contributed by atoms with Crippen LogP contribution in [0.1, 0.15) is 33.3 Å². The van der Waals surface area contributed by atoms with E-state index in [2.05, 4.69) is 53.3 Å². The van der Waals surface area contributed by atoms with Gasteiger partial charge in [-0.3, -0.25) is 0 Å². The highest BCUT2D eigenvalue weighted by molar-refractivity contribution is 9.10. The predicted molar refractivity (Wildman–Crippen MR) is 78.3 cm³/mol. The Hall–Kier alpha value is -0.380. The van der Waals surface area contributed by atoms with Crippen LogP contribution in [0, 0.1) is 0 Å². The summed E-state index contributed by atoms with van der Waals surface area (Å²) < 4.78 is 1.17. The first-order chi connectivity index (χ1) is 7.72. The number of hydrogen-bond acceptors (Lipinski definition) is 2. The molecule has 0 bridgehead atoms. The van der Waals surface area contributed by atoms with E-state index < -0.39 is 0 Å². The number of benzene rings is 1. The van der Waals surface area contributed by atoms with E-state index in [1.54, 1.807) is 0 Å². The quantitative estimate of drug-likeness (QED) is 0.877. The molecule has 0 aliphatic heterocycles. The standard InChI is InChI=1S/C14H23BrN2/c1-13(2,9-17-10-14(3,4)16)11-7-5-6-8-12(11)15/h5-8,17H,9-10,16H2,1-4H3. The molecule has 0 heterocycles. The molecular weight excluding hydrogens is 276 g/mol. The summed E-state index contributed by atoms with van der Waals surface area (Å²) in [6, 6.07) is 8.37. The van der Waals surface area contributed by atoms with Gasteiger partial charge in [-0.2, -0.15) is 0 Å². The van der Waals surface area contributed by atoms with Crippen molar-refractivity contribution in [3.8, 4) is 0 Å². The van der Waals surface area contributed by atoms with Gasteiger partial charge >= 0.3 is 0 Å². The lowest BCUT2D eigenvalue weighted by atomic mass is 9.84. The lowest BCUT2D eigenvalue weighted by molar-refractivity contribution is 0.410. The third-order valence-corrected chi connectivity index (χ3v) is 3.44. The molecule has 2 nitrogen and oxygen atoms in total. The molecule has 0 fully saturated rings. The second-order valence-electron chi connectivity index (χ2n) is 5.96. The molecule has 0 aliphatic rings. The van der Waals surface area contributed by atoms with Crippen molar-refractivity contribution in [1.29, 1.82) is 0 Å². The van der Waals surface area contributed by atoms with Gasteiger partial charge in [-0.05, 0) is 25.5 Å². The van der Waals surface area contributed by atoms with Gasteiger partial charge in [0.15, 0.2) is 0 Å². The molecule has 0 saturated heterocycles. The minimum Gasteiger partial charge on any atom is -0.324 e. The van der Waals surface area contributed by atoms with Gasteiger partial charge < -0.3 is 11.1 Å². The van der Waals surface area contributed by atoms with Crippen molar-refractivity contribution in [3.05, 3.63) is 34.3 Å². The molecule has 1 aromatic rings. The second kappa shape index (κ2) is 5.51. The average molecular weight is 299 g/mol. The van der Waals surface area contributed by atoms with Crippen molar-refractivity contribution in [2.75, 3.05) is 13.1 Å². The first kappa shape index (κ1) is 14.7. The molecule has 0 aromatic heterocycles. The van der Waals surface area contributed by atoms with E-state index in [9.17, 15) is 0 Å². The van der Waals surface area contributed by atoms with Gasteiger partial charge in [-0.25, -0.2) is 0 Å². The zero-order chi connectivity index (χ0) is 13.1. The summed E-state index contributed by atoms with van der Waals surface area (Å²) in [6.45, 7) is 10.3. The molecule has 1 rings (SSSR count). The molecular formula is C14H23BrN2. The number of nitrogens with one attached hydrogen (secondary N) is 1. The summed E-state index contributed by atoms with van der Waals surface area (Å²) in [5, 5.41) is 3.45. The predicted octanol–water partition coefficient (Wildman–Crippen LogP) is 3.05. The van der Waals surface area contributed by atoms with E-state index in [-0.39, 0.29) is 11.0 Å². The average Bonchev–Trinajstić information content (AvgIpc) is 2.15. The minimum atomic E-state index is -0.163. The van der Waals surface area contributed by atoms with E-state index in [0.717, 1.165) is 13.1 Å². The fourth-order valence-electron chi connectivity index (χ4n) is 1.80. The van der Waals surface area contributed by atoms with E-state index in [1.165, 1.54) is 10.0 Å². The molecule has 0 spiro atoms. The highest BCUT2D eigenvalue weighted by atomic mass is 79.9. The largest absolute Gasteiger partial charge is 0.324 e. The summed E-state index contributed by atoms with van der Waals surface area (Å²) in [4.78, 5) is 0. The van der Waals surface area contributed by atoms with Crippen molar-refractivity contribution in [3.63, 3.8) is 0 Å². The monoisotopic (exact) mass is 298 g/mol. The van der Waals surface area contributed by atoms with Crippen molar-refractivity contribution < 1.29 is 0 Å². The molecule has 0 aliphatic carbocycles. The van der Waals surface area contributed by atoms with Crippen LogP contribution in [-0.4, -0.2) is 18.6 Å². The molecule has 0 amide bonds. The van der Waals surface area contributed by atoms with Crippen molar-refractivity contribution in [2.45, 2.75) is 38.6 Å². The van der Waals surface area contributed by atoms with Gasteiger partial charge in [-0.15, -0.1) is 0 Å². The topological polar surface area (TPSA) is 38.0 Å². The fraction of sp³-hybridized carbons (Fsp3) is 0.571. The Morgan fingerprint density at radius 2 is 1.71 bits per heavy atom. The summed E-state index contributed by atoms with van der Waals surface area (Å²) in [7, 11) is 0. The molecule has 1 aromatic carbocycles. The summed E-state index contributed by atoms with van der Waals surface area (Å²) in [6.07, 6.45) is 0. The number of nitrogens with two attached hydrogens (primary N) is 1. The maximum absolute atomic E-state index is 5.96. The Bertz CT molecular complexity index is 367. The smallest absolute Gasteiger partial charge is 0.0223 e. The number of halogens is 1. The zero-order valence-corrected chi connectivity index (χ0v) is 12.8. The number of rotatable bonds is 5. The first-order valence-corrected chi connectivity index (χ1v) is 6.76. The second-order valence-corrected chi connectivity index (χ2v) is 6.81. The van der Waals surface area contributed by atoms with Crippen LogP contribution in [0.3, 0.4) is 0 Å². The summed E-state index contributed by atoms with van der Waals surface area (Å²) >= 11 is 3.61. The molecule has 0 radical (unpaired) electrons. The van der Waals surface area contributed by atoms with Crippen molar-refractivity contribution in [2.24, 2.45) is 5.73 Å². The fourth-order valence-corrected chi connectivity index (χ4v) is 2.62. The molecule has 96 valence electrons. The van der Waals surface area contributed by atoms with Crippen LogP contribution in [0.25, 0.3) is 0 Å².